The van der Waals surface area contributed by atoms with Crippen LogP contribution in [0.4, 0.5) is 4.39 Å². The molecule has 3 nitrogen and oxygen atoms in total. The first-order valence-corrected chi connectivity index (χ1v) is 7.76. The summed E-state index contributed by atoms with van der Waals surface area (Å²) < 4.78 is 20.7. The van der Waals surface area contributed by atoms with E-state index in [4.69, 9.17) is 4.74 Å². The van der Waals surface area contributed by atoms with Crippen LogP contribution in [0, 0.1) is 5.82 Å². The first-order chi connectivity index (χ1) is 11.3. The molecule has 0 fully saturated rings. The first kappa shape index (κ1) is 15.3. The van der Waals surface area contributed by atoms with Gasteiger partial charge in [0.15, 0.2) is 0 Å². The largest absolute Gasteiger partial charge is 0.489 e. The second-order valence-corrected chi connectivity index (χ2v) is 5.37. The molecule has 23 heavy (non-hydrogen) atoms. The predicted molar refractivity (Wildman–Crippen MR) is 88.3 cm³/mol. The van der Waals surface area contributed by atoms with E-state index in [1.165, 1.54) is 12.1 Å². The molecule has 1 aromatic heterocycles. The smallest absolute Gasteiger partial charge is 0.123 e. The molecule has 1 heterocycles. The Balaban J connectivity index is 1.67. The van der Waals surface area contributed by atoms with Crippen molar-refractivity contribution >= 4 is 0 Å². The SMILES string of the molecule is CCCc1nccn1-c1ccc(OCc2ccc(F)cc2)cc1. The number of aryl methyl sites for hydroxylation is 1. The molecule has 0 amide bonds. The normalized spacial score (nSPS) is 10.7. The van der Waals surface area contributed by atoms with Crippen molar-refractivity contribution in [1.29, 1.82) is 0 Å². The highest BCUT2D eigenvalue weighted by Gasteiger charge is 2.04. The fourth-order valence-corrected chi connectivity index (χ4v) is 2.43. The third-order valence-corrected chi connectivity index (χ3v) is 3.62. The fraction of sp³-hybridized carbons (Fsp3) is 0.211. The summed E-state index contributed by atoms with van der Waals surface area (Å²) in [4.78, 5) is 4.39. The molecule has 0 saturated carbocycles. The van der Waals surface area contributed by atoms with Crippen molar-refractivity contribution in [3.8, 4) is 11.4 Å². The molecule has 0 spiro atoms. The Morgan fingerprint density at radius 2 is 1.78 bits per heavy atom. The Kier molecular flexibility index (Phi) is 4.71. The molecule has 0 unspecified atom stereocenters. The summed E-state index contributed by atoms with van der Waals surface area (Å²) in [5.74, 6) is 1.61. The Hall–Kier alpha value is -2.62. The Morgan fingerprint density at radius 3 is 2.48 bits per heavy atom. The Morgan fingerprint density at radius 1 is 1.04 bits per heavy atom. The molecule has 0 saturated heterocycles. The molecule has 0 aliphatic carbocycles. The zero-order chi connectivity index (χ0) is 16.1. The van der Waals surface area contributed by atoms with Crippen LogP contribution in [0.3, 0.4) is 0 Å². The van der Waals surface area contributed by atoms with Gasteiger partial charge in [-0.25, -0.2) is 9.37 Å². The molecule has 4 heteroatoms. The second kappa shape index (κ2) is 7.09. The van der Waals surface area contributed by atoms with E-state index in [9.17, 15) is 4.39 Å². The average Bonchev–Trinajstić information content (AvgIpc) is 3.03. The third kappa shape index (κ3) is 3.77. The van der Waals surface area contributed by atoms with Crippen LogP contribution >= 0.6 is 0 Å². The van der Waals surface area contributed by atoms with Crippen molar-refractivity contribution in [3.05, 3.63) is 78.1 Å². The molecule has 0 aliphatic heterocycles. The lowest BCUT2D eigenvalue weighted by Crippen LogP contribution is -2.00. The van der Waals surface area contributed by atoms with E-state index in [1.807, 2.05) is 36.7 Å². The molecule has 2 aromatic carbocycles. The van der Waals surface area contributed by atoms with Crippen molar-refractivity contribution in [2.45, 2.75) is 26.4 Å². The van der Waals surface area contributed by atoms with E-state index in [0.29, 0.717) is 6.61 Å². The van der Waals surface area contributed by atoms with Crippen LogP contribution in [-0.4, -0.2) is 9.55 Å². The van der Waals surface area contributed by atoms with Gasteiger partial charge in [-0.3, -0.25) is 0 Å². The third-order valence-electron chi connectivity index (χ3n) is 3.62. The first-order valence-electron chi connectivity index (χ1n) is 7.76. The van der Waals surface area contributed by atoms with Gasteiger partial charge in [0.2, 0.25) is 0 Å². The molecular weight excluding hydrogens is 291 g/mol. The van der Waals surface area contributed by atoms with Gasteiger partial charge in [0, 0.05) is 24.5 Å². The molecule has 0 radical (unpaired) electrons. The summed E-state index contributed by atoms with van der Waals surface area (Å²) in [6, 6.07) is 14.2. The lowest BCUT2D eigenvalue weighted by Gasteiger charge is -2.10. The quantitative estimate of drug-likeness (QED) is 0.668. The highest BCUT2D eigenvalue weighted by atomic mass is 19.1. The summed E-state index contributed by atoms with van der Waals surface area (Å²) >= 11 is 0. The minimum absolute atomic E-state index is 0.235. The van der Waals surface area contributed by atoms with E-state index in [0.717, 1.165) is 35.7 Å². The minimum atomic E-state index is -0.235. The van der Waals surface area contributed by atoms with Crippen LogP contribution in [0.5, 0.6) is 5.75 Å². The van der Waals surface area contributed by atoms with Crippen LogP contribution in [0.25, 0.3) is 5.69 Å². The van der Waals surface area contributed by atoms with Crippen molar-refractivity contribution in [2.24, 2.45) is 0 Å². The number of ether oxygens (including phenoxy) is 1. The zero-order valence-corrected chi connectivity index (χ0v) is 13.1. The topological polar surface area (TPSA) is 27.1 Å². The Bertz CT molecular complexity index is 748. The van der Waals surface area contributed by atoms with Gasteiger partial charge in [-0.2, -0.15) is 0 Å². The molecule has 0 N–H and O–H groups in total. The van der Waals surface area contributed by atoms with Gasteiger partial charge in [0.25, 0.3) is 0 Å². The zero-order valence-electron chi connectivity index (χ0n) is 13.1. The maximum Gasteiger partial charge on any atom is 0.123 e. The van der Waals surface area contributed by atoms with E-state index < -0.39 is 0 Å². The number of hydrogen-bond acceptors (Lipinski definition) is 2. The number of benzene rings is 2. The maximum atomic E-state index is 12.9. The number of aromatic nitrogens is 2. The predicted octanol–water partition coefficient (Wildman–Crippen LogP) is 4.54. The van der Waals surface area contributed by atoms with Gasteiger partial charge >= 0.3 is 0 Å². The van der Waals surface area contributed by atoms with Crippen LogP contribution in [0.2, 0.25) is 0 Å². The lowest BCUT2D eigenvalue weighted by atomic mass is 10.2. The highest BCUT2D eigenvalue weighted by Crippen LogP contribution is 2.18. The molecule has 0 atom stereocenters. The number of hydrogen-bond donors (Lipinski definition) is 0. The molecule has 0 bridgehead atoms. The van der Waals surface area contributed by atoms with E-state index >= 15 is 0 Å². The van der Waals surface area contributed by atoms with E-state index in [2.05, 4.69) is 16.5 Å². The molecular formula is C19H19FN2O. The summed E-state index contributed by atoms with van der Waals surface area (Å²) in [5, 5.41) is 0. The van der Waals surface area contributed by atoms with Crippen LogP contribution in [-0.2, 0) is 13.0 Å². The average molecular weight is 310 g/mol. The van der Waals surface area contributed by atoms with Crippen LogP contribution in [0.1, 0.15) is 24.7 Å². The summed E-state index contributed by atoms with van der Waals surface area (Å²) in [7, 11) is 0. The van der Waals surface area contributed by atoms with Crippen LogP contribution < -0.4 is 4.74 Å². The second-order valence-electron chi connectivity index (χ2n) is 5.37. The van der Waals surface area contributed by atoms with Gasteiger partial charge in [0.1, 0.15) is 24.0 Å². The van der Waals surface area contributed by atoms with Crippen LogP contribution in [0.15, 0.2) is 60.9 Å². The standard InChI is InChI=1S/C19H19FN2O/c1-2-3-19-21-12-13-22(19)17-8-10-18(11-9-17)23-14-15-4-6-16(20)7-5-15/h4-13H,2-3,14H2,1H3. The number of nitrogens with zero attached hydrogens (tertiary/aromatic N) is 2. The van der Waals surface area contributed by atoms with Gasteiger partial charge < -0.3 is 9.30 Å². The Labute approximate surface area is 135 Å². The van der Waals surface area contributed by atoms with E-state index in [-0.39, 0.29) is 5.82 Å². The van der Waals surface area contributed by atoms with Gasteiger partial charge in [-0.05, 0) is 48.4 Å². The van der Waals surface area contributed by atoms with Gasteiger partial charge in [-0.1, -0.05) is 19.1 Å². The van der Waals surface area contributed by atoms with Crippen molar-refractivity contribution in [3.63, 3.8) is 0 Å². The summed E-state index contributed by atoms with van der Waals surface area (Å²) in [5.41, 5.74) is 2.01. The highest BCUT2D eigenvalue weighted by molar-refractivity contribution is 5.38. The summed E-state index contributed by atoms with van der Waals surface area (Å²) in [6.07, 6.45) is 5.81. The molecule has 3 aromatic rings. The summed E-state index contributed by atoms with van der Waals surface area (Å²) in [6.45, 7) is 2.57. The van der Waals surface area contributed by atoms with Crippen molar-refractivity contribution < 1.29 is 9.13 Å². The molecule has 0 aliphatic rings. The van der Waals surface area contributed by atoms with Crippen molar-refractivity contribution in [1.82, 2.24) is 9.55 Å². The van der Waals surface area contributed by atoms with E-state index in [1.54, 1.807) is 12.1 Å². The molecule has 118 valence electrons. The van der Waals surface area contributed by atoms with Gasteiger partial charge in [-0.15, -0.1) is 0 Å². The lowest BCUT2D eigenvalue weighted by molar-refractivity contribution is 0.306. The number of halogens is 1. The molecule has 3 rings (SSSR count). The monoisotopic (exact) mass is 310 g/mol. The fourth-order valence-electron chi connectivity index (χ4n) is 2.43. The number of rotatable bonds is 6. The van der Waals surface area contributed by atoms with Gasteiger partial charge in [0.05, 0.1) is 0 Å². The minimum Gasteiger partial charge on any atom is -0.489 e. The maximum absolute atomic E-state index is 12.9. The number of imidazole rings is 1. The van der Waals surface area contributed by atoms with Crippen molar-refractivity contribution in [2.75, 3.05) is 0 Å².